The Hall–Kier alpha value is -2.32. The van der Waals surface area contributed by atoms with Crippen LogP contribution in [0.25, 0.3) is 11.3 Å². The molecule has 2 aromatic rings. The van der Waals surface area contributed by atoms with Crippen molar-refractivity contribution in [3.05, 3.63) is 36.6 Å². The second-order valence-electron chi connectivity index (χ2n) is 4.00. The highest BCUT2D eigenvalue weighted by Gasteiger charge is 2.16. The van der Waals surface area contributed by atoms with Crippen molar-refractivity contribution in [2.24, 2.45) is 5.84 Å². The number of nitriles is 1. The van der Waals surface area contributed by atoms with Gasteiger partial charge in [-0.3, -0.25) is 5.01 Å². The molecule has 0 amide bonds. The zero-order valence-electron chi connectivity index (χ0n) is 10.1. The van der Waals surface area contributed by atoms with Crippen molar-refractivity contribution in [2.45, 2.75) is 19.4 Å². The summed E-state index contributed by atoms with van der Waals surface area (Å²) in [6.45, 7) is 1.84. The third-order valence-electron chi connectivity index (χ3n) is 2.64. The minimum atomic E-state index is -0.141. The first-order valence-electron chi connectivity index (χ1n) is 5.64. The summed E-state index contributed by atoms with van der Waals surface area (Å²) >= 11 is 0. The molecule has 5 heteroatoms. The summed E-state index contributed by atoms with van der Waals surface area (Å²) in [6, 6.07) is 11.9. The second-order valence-corrected chi connectivity index (χ2v) is 4.00. The third kappa shape index (κ3) is 2.50. The van der Waals surface area contributed by atoms with E-state index in [2.05, 4.69) is 11.1 Å². The molecule has 0 bridgehead atoms. The quantitative estimate of drug-likeness (QED) is 0.657. The van der Waals surface area contributed by atoms with Gasteiger partial charge in [0, 0.05) is 5.56 Å². The van der Waals surface area contributed by atoms with Crippen molar-refractivity contribution in [1.82, 2.24) is 4.98 Å². The van der Waals surface area contributed by atoms with E-state index in [1.165, 1.54) is 5.01 Å². The minimum absolute atomic E-state index is 0.141. The van der Waals surface area contributed by atoms with Crippen LogP contribution in [-0.2, 0) is 0 Å². The lowest BCUT2D eigenvalue weighted by Gasteiger charge is -2.19. The van der Waals surface area contributed by atoms with Crippen molar-refractivity contribution >= 4 is 6.01 Å². The van der Waals surface area contributed by atoms with Crippen LogP contribution in [0.2, 0.25) is 0 Å². The molecule has 0 aliphatic carbocycles. The number of aromatic nitrogens is 1. The van der Waals surface area contributed by atoms with Crippen LogP contribution in [0.3, 0.4) is 0 Å². The Morgan fingerprint density at radius 2 is 2.17 bits per heavy atom. The van der Waals surface area contributed by atoms with E-state index in [9.17, 15) is 0 Å². The van der Waals surface area contributed by atoms with Crippen LogP contribution in [-0.4, -0.2) is 11.0 Å². The summed E-state index contributed by atoms with van der Waals surface area (Å²) in [4.78, 5) is 4.31. The average Bonchev–Trinajstić information content (AvgIpc) is 2.89. The molecule has 2 rings (SSSR count). The minimum Gasteiger partial charge on any atom is -0.430 e. The molecule has 0 spiro atoms. The molecule has 1 unspecified atom stereocenters. The van der Waals surface area contributed by atoms with Gasteiger partial charge >= 0.3 is 6.01 Å². The summed E-state index contributed by atoms with van der Waals surface area (Å²) in [6.07, 6.45) is 1.88. The number of hydrazine groups is 1. The lowest BCUT2D eigenvalue weighted by molar-refractivity contribution is 0.509. The molecule has 0 saturated heterocycles. The van der Waals surface area contributed by atoms with Gasteiger partial charge in [-0.25, -0.2) is 5.84 Å². The van der Waals surface area contributed by atoms with Crippen molar-refractivity contribution in [2.75, 3.05) is 5.01 Å². The summed E-state index contributed by atoms with van der Waals surface area (Å²) in [5.74, 6) is 5.84. The smallest absolute Gasteiger partial charge is 0.312 e. The van der Waals surface area contributed by atoms with Crippen molar-refractivity contribution in [3.8, 4) is 17.3 Å². The van der Waals surface area contributed by atoms with E-state index in [1.807, 2.05) is 37.3 Å². The lowest BCUT2D eigenvalue weighted by atomic mass is 10.2. The topological polar surface area (TPSA) is 79.1 Å². The molecule has 5 nitrogen and oxygen atoms in total. The molecule has 1 aromatic heterocycles. The van der Waals surface area contributed by atoms with Crippen molar-refractivity contribution in [3.63, 3.8) is 0 Å². The SMILES string of the molecule is CC(CC#N)N(N)c1nc(-c2ccccc2)co1. The summed E-state index contributed by atoms with van der Waals surface area (Å²) in [5.41, 5.74) is 1.69. The van der Waals surface area contributed by atoms with E-state index in [4.69, 9.17) is 15.5 Å². The predicted octanol–water partition coefficient (Wildman–Crippen LogP) is 2.32. The van der Waals surface area contributed by atoms with E-state index in [1.54, 1.807) is 6.26 Å². The van der Waals surface area contributed by atoms with Gasteiger partial charge < -0.3 is 4.42 Å². The number of benzene rings is 1. The maximum atomic E-state index is 8.63. The zero-order chi connectivity index (χ0) is 13.0. The molecule has 1 atom stereocenters. The first-order valence-corrected chi connectivity index (χ1v) is 5.64. The van der Waals surface area contributed by atoms with Gasteiger partial charge in [-0.1, -0.05) is 30.3 Å². The van der Waals surface area contributed by atoms with E-state index >= 15 is 0 Å². The number of anilines is 1. The molecule has 1 aromatic carbocycles. The van der Waals surface area contributed by atoms with Gasteiger partial charge in [0.1, 0.15) is 12.0 Å². The Morgan fingerprint density at radius 3 is 2.83 bits per heavy atom. The molecule has 18 heavy (non-hydrogen) atoms. The lowest BCUT2D eigenvalue weighted by Crippen LogP contribution is -2.39. The van der Waals surface area contributed by atoms with Gasteiger partial charge in [0.05, 0.1) is 18.5 Å². The van der Waals surface area contributed by atoms with E-state index < -0.39 is 0 Å². The van der Waals surface area contributed by atoms with Gasteiger partial charge in [-0.05, 0) is 6.92 Å². The molecule has 0 aliphatic rings. The zero-order valence-corrected chi connectivity index (χ0v) is 10.1. The van der Waals surface area contributed by atoms with Crippen LogP contribution < -0.4 is 10.9 Å². The largest absolute Gasteiger partial charge is 0.430 e. The summed E-state index contributed by atoms with van der Waals surface area (Å²) in [5, 5.41) is 10.0. The Bertz CT molecular complexity index is 544. The maximum Gasteiger partial charge on any atom is 0.312 e. The van der Waals surface area contributed by atoms with Crippen LogP contribution in [0.1, 0.15) is 13.3 Å². The number of hydrogen-bond acceptors (Lipinski definition) is 5. The molecule has 92 valence electrons. The van der Waals surface area contributed by atoms with Gasteiger partial charge in [-0.15, -0.1) is 0 Å². The standard InChI is InChI=1S/C13H14N4O/c1-10(7-8-14)17(15)13-16-12(9-18-13)11-5-3-2-4-6-11/h2-6,9-10H,7,15H2,1H3. The monoisotopic (exact) mass is 242 g/mol. The van der Waals surface area contributed by atoms with Gasteiger partial charge in [0.2, 0.25) is 0 Å². The molecular weight excluding hydrogens is 228 g/mol. The van der Waals surface area contributed by atoms with E-state index in [0.717, 1.165) is 11.3 Å². The van der Waals surface area contributed by atoms with Crippen LogP contribution in [0.4, 0.5) is 6.01 Å². The van der Waals surface area contributed by atoms with Gasteiger partial charge in [-0.2, -0.15) is 10.2 Å². The van der Waals surface area contributed by atoms with Gasteiger partial charge in [0.25, 0.3) is 0 Å². The number of rotatable bonds is 4. The normalized spacial score (nSPS) is 11.8. The molecule has 0 fully saturated rings. The number of nitrogens with zero attached hydrogens (tertiary/aromatic N) is 3. The van der Waals surface area contributed by atoms with E-state index in [-0.39, 0.29) is 6.04 Å². The number of oxazole rings is 1. The Kier molecular flexibility index (Phi) is 3.60. The fraction of sp³-hybridized carbons (Fsp3) is 0.231. The second kappa shape index (κ2) is 5.34. The fourth-order valence-electron chi connectivity index (χ4n) is 1.54. The molecule has 0 saturated carbocycles. The molecule has 0 aliphatic heterocycles. The van der Waals surface area contributed by atoms with Crippen LogP contribution in [0, 0.1) is 11.3 Å². The van der Waals surface area contributed by atoms with Crippen LogP contribution in [0.15, 0.2) is 41.0 Å². The van der Waals surface area contributed by atoms with Gasteiger partial charge in [0.15, 0.2) is 0 Å². The highest BCUT2D eigenvalue weighted by molar-refractivity contribution is 5.59. The Labute approximate surface area is 105 Å². The average molecular weight is 242 g/mol. The fourth-order valence-corrected chi connectivity index (χ4v) is 1.54. The molecule has 1 heterocycles. The highest BCUT2D eigenvalue weighted by atomic mass is 16.4. The van der Waals surface area contributed by atoms with Crippen LogP contribution in [0.5, 0.6) is 0 Å². The number of hydrogen-bond donors (Lipinski definition) is 1. The molecule has 2 N–H and O–H groups in total. The summed E-state index contributed by atoms with van der Waals surface area (Å²) in [7, 11) is 0. The Balaban J connectivity index is 2.19. The van der Waals surface area contributed by atoms with E-state index in [0.29, 0.717) is 12.4 Å². The third-order valence-corrected chi connectivity index (χ3v) is 2.64. The maximum absolute atomic E-state index is 8.63. The van der Waals surface area contributed by atoms with Crippen LogP contribution >= 0.6 is 0 Å². The van der Waals surface area contributed by atoms with Crippen molar-refractivity contribution in [1.29, 1.82) is 5.26 Å². The predicted molar refractivity (Wildman–Crippen MR) is 68.3 cm³/mol. The molecule has 0 radical (unpaired) electrons. The van der Waals surface area contributed by atoms with Crippen molar-refractivity contribution < 1.29 is 4.42 Å². The number of nitrogens with two attached hydrogens (primary N) is 1. The highest BCUT2D eigenvalue weighted by Crippen LogP contribution is 2.22. The first-order chi connectivity index (χ1) is 8.72. The summed E-state index contributed by atoms with van der Waals surface area (Å²) < 4.78 is 5.33. The Morgan fingerprint density at radius 1 is 1.44 bits per heavy atom. The first kappa shape index (κ1) is 12.1. The molecular formula is C13H14N4O.